The molecule has 146 valence electrons. The van der Waals surface area contributed by atoms with Crippen LogP contribution in [-0.2, 0) is 28.5 Å². The molecule has 1 aliphatic carbocycles. The molecule has 28 heavy (non-hydrogen) atoms. The minimum atomic E-state index is -0.559. The second-order valence-corrected chi connectivity index (χ2v) is 7.39. The van der Waals surface area contributed by atoms with Crippen molar-refractivity contribution < 1.29 is 28.5 Å². The molecular weight excluding hydrogens is 360 g/mol. The number of hydrogen-bond donors (Lipinski definition) is 0. The Morgan fingerprint density at radius 3 is 1.71 bits per heavy atom. The number of ether oxygens (including phenoxy) is 4. The molecule has 0 bridgehead atoms. The second-order valence-electron chi connectivity index (χ2n) is 7.39. The van der Waals surface area contributed by atoms with Gasteiger partial charge in [0, 0.05) is 11.8 Å². The van der Waals surface area contributed by atoms with E-state index in [0.29, 0.717) is 13.2 Å². The lowest BCUT2D eigenvalue weighted by Gasteiger charge is -2.18. The summed E-state index contributed by atoms with van der Waals surface area (Å²) in [6.07, 6.45) is -1.66. The predicted octanol–water partition coefficient (Wildman–Crippen LogP) is 2.68. The Hall–Kier alpha value is -2.44. The van der Waals surface area contributed by atoms with Crippen molar-refractivity contribution in [2.24, 2.45) is 0 Å². The van der Waals surface area contributed by atoms with Gasteiger partial charge in [-0.25, -0.2) is 9.59 Å². The van der Waals surface area contributed by atoms with Crippen LogP contribution in [0.3, 0.4) is 0 Å². The molecule has 2 fully saturated rings. The maximum absolute atomic E-state index is 12.2. The number of benzene rings is 2. The lowest BCUT2D eigenvalue weighted by atomic mass is 9.82. The molecule has 2 aliphatic heterocycles. The molecule has 2 saturated heterocycles. The average Bonchev–Trinajstić information content (AvgIpc) is 3.60. The van der Waals surface area contributed by atoms with Gasteiger partial charge in [0.1, 0.15) is 12.2 Å². The van der Waals surface area contributed by atoms with Crippen LogP contribution >= 0.6 is 0 Å². The van der Waals surface area contributed by atoms with Gasteiger partial charge < -0.3 is 18.9 Å². The summed E-state index contributed by atoms with van der Waals surface area (Å²) in [6.45, 7) is 4.22. The highest BCUT2D eigenvalue weighted by Crippen LogP contribution is 2.58. The molecule has 3 aliphatic rings. The van der Waals surface area contributed by atoms with Gasteiger partial charge in [-0.3, -0.25) is 0 Å². The van der Waals surface area contributed by atoms with Crippen LogP contribution in [0.2, 0.25) is 0 Å². The van der Waals surface area contributed by atoms with E-state index in [1.807, 2.05) is 12.1 Å². The molecule has 6 nitrogen and oxygen atoms in total. The minimum absolute atomic E-state index is 0.0556. The average molecular weight is 382 g/mol. The molecule has 2 heterocycles. The van der Waals surface area contributed by atoms with Gasteiger partial charge >= 0.3 is 11.9 Å². The van der Waals surface area contributed by atoms with Gasteiger partial charge in [0.25, 0.3) is 0 Å². The van der Waals surface area contributed by atoms with Crippen LogP contribution in [0.15, 0.2) is 36.4 Å². The molecule has 5 rings (SSSR count). The van der Waals surface area contributed by atoms with Gasteiger partial charge in [0.2, 0.25) is 0 Å². The van der Waals surface area contributed by atoms with Crippen molar-refractivity contribution in [2.45, 2.75) is 50.1 Å². The Morgan fingerprint density at radius 1 is 0.821 bits per heavy atom. The van der Waals surface area contributed by atoms with E-state index in [1.54, 1.807) is 13.8 Å². The monoisotopic (exact) mass is 382 g/mol. The highest BCUT2D eigenvalue weighted by Gasteiger charge is 2.62. The molecule has 0 radical (unpaired) electrons. The minimum Gasteiger partial charge on any atom is -0.464 e. The standard InChI is InChI=1S/C22H22O6/c1-3-25-21(23)19-17(27-19)15-12-9-5-7-11-8-6-10-13(14(11)12)16(15)18-20(28-18)22(24)26-4-2/h5-10,15-20H,3-4H2,1-2H3/t15-,16+,17-,18-,19+,20-/m1/s1. The second kappa shape index (κ2) is 6.57. The molecule has 0 amide bonds. The predicted molar refractivity (Wildman–Crippen MR) is 100 cm³/mol. The summed E-state index contributed by atoms with van der Waals surface area (Å²) in [4.78, 5) is 24.4. The summed E-state index contributed by atoms with van der Waals surface area (Å²) >= 11 is 0. The quantitative estimate of drug-likeness (QED) is 0.565. The third kappa shape index (κ3) is 2.63. The molecule has 0 aromatic heterocycles. The fourth-order valence-corrected chi connectivity index (χ4v) is 4.73. The van der Waals surface area contributed by atoms with Gasteiger partial charge in [0.05, 0.1) is 13.2 Å². The van der Waals surface area contributed by atoms with Crippen molar-refractivity contribution in [2.75, 3.05) is 13.2 Å². The zero-order chi connectivity index (χ0) is 19.4. The Labute approximate surface area is 162 Å². The van der Waals surface area contributed by atoms with Gasteiger partial charge in [-0.1, -0.05) is 36.4 Å². The van der Waals surface area contributed by atoms with Crippen LogP contribution in [0.1, 0.15) is 36.8 Å². The van der Waals surface area contributed by atoms with Crippen LogP contribution < -0.4 is 0 Å². The first-order chi connectivity index (χ1) is 13.7. The van der Waals surface area contributed by atoms with E-state index < -0.39 is 12.2 Å². The van der Waals surface area contributed by atoms with E-state index in [1.165, 1.54) is 5.39 Å². The summed E-state index contributed by atoms with van der Waals surface area (Å²) in [5.41, 5.74) is 2.29. The van der Waals surface area contributed by atoms with E-state index in [-0.39, 0.29) is 36.0 Å². The zero-order valence-electron chi connectivity index (χ0n) is 15.8. The van der Waals surface area contributed by atoms with Gasteiger partial charge in [-0.2, -0.15) is 0 Å². The first-order valence-electron chi connectivity index (χ1n) is 9.81. The fraction of sp³-hybridized carbons (Fsp3) is 0.455. The molecule has 0 N–H and O–H groups in total. The molecule has 6 heteroatoms. The summed E-state index contributed by atoms with van der Waals surface area (Å²) in [5.74, 6) is -0.763. The number of esters is 2. The smallest absolute Gasteiger partial charge is 0.338 e. The first-order valence-corrected chi connectivity index (χ1v) is 9.81. The number of epoxide rings is 2. The lowest BCUT2D eigenvalue weighted by Crippen LogP contribution is -2.24. The number of carbonyl (C=O) groups is 2. The largest absolute Gasteiger partial charge is 0.464 e. The first kappa shape index (κ1) is 17.6. The van der Waals surface area contributed by atoms with E-state index >= 15 is 0 Å². The van der Waals surface area contributed by atoms with Crippen LogP contribution in [-0.4, -0.2) is 49.6 Å². The fourth-order valence-electron chi connectivity index (χ4n) is 4.73. The van der Waals surface area contributed by atoms with Gasteiger partial charge in [-0.15, -0.1) is 0 Å². The topological polar surface area (TPSA) is 77.7 Å². The van der Waals surface area contributed by atoms with E-state index in [2.05, 4.69) is 24.3 Å². The zero-order valence-corrected chi connectivity index (χ0v) is 15.8. The van der Waals surface area contributed by atoms with Crippen molar-refractivity contribution in [1.29, 1.82) is 0 Å². The van der Waals surface area contributed by atoms with Crippen molar-refractivity contribution in [3.63, 3.8) is 0 Å². The van der Waals surface area contributed by atoms with Crippen LogP contribution in [0, 0.1) is 0 Å². The Bertz CT molecular complexity index is 880. The Kier molecular flexibility index (Phi) is 4.14. The summed E-state index contributed by atoms with van der Waals surface area (Å²) in [5, 5.41) is 2.32. The number of carbonyl (C=O) groups excluding carboxylic acids is 2. The highest BCUT2D eigenvalue weighted by atomic mass is 16.6. The molecule has 2 aromatic rings. The maximum Gasteiger partial charge on any atom is 0.338 e. The summed E-state index contributed by atoms with van der Waals surface area (Å²) < 4.78 is 21.8. The molecule has 6 atom stereocenters. The van der Waals surface area contributed by atoms with Crippen molar-refractivity contribution >= 4 is 22.7 Å². The molecular formula is C22H22O6. The van der Waals surface area contributed by atoms with E-state index in [0.717, 1.165) is 16.5 Å². The van der Waals surface area contributed by atoms with E-state index in [4.69, 9.17) is 18.9 Å². The summed E-state index contributed by atoms with van der Waals surface area (Å²) in [6, 6.07) is 12.4. The third-order valence-corrected chi connectivity index (χ3v) is 5.87. The lowest BCUT2D eigenvalue weighted by molar-refractivity contribution is -0.145. The maximum atomic E-state index is 12.2. The van der Waals surface area contributed by atoms with Crippen molar-refractivity contribution in [1.82, 2.24) is 0 Å². The number of hydrogen-bond acceptors (Lipinski definition) is 6. The van der Waals surface area contributed by atoms with E-state index in [9.17, 15) is 9.59 Å². The van der Waals surface area contributed by atoms with Gasteiger partial charge in [0.15, 0.2) is 12.2 Å². The molecule has 2 aromatic carbocycles. The van der Waals surface area contributed by atoms with Crippen molar-refractivity contribution in [3.8, 4) is 0 Å². The normalized spacial score (nSPS) is 32.2. The molecule has 0 spiro atoms. The van der Waals surface area contributed by atoms with Gasteiger partial charge in [-0.05, 0) is 35.7 Å². The highest BCUT2D eigenvalue weighted by molar-refractivity contribution is 5.93. The molecule has 0 saturated carbocycles. The van der Waals surface area contributed by atoms with Crippen LogP contribution in [0.4, 0.5) is 0 Å². The molecule has 0 unspecified atom stereocenters. The van der Waals surface area contributed by atoms with Crippen LogP contribution in [0.5, 0.6) is 0 Å². The third-order valence-electron chi connectivity index (χ3n) is 5.87. The number of rotatable bonds is 6. The Balaban J connectivity index is 1.51. The van der Waals surface area contributed by atoms with Crippen molar-refractivity contribution in [3.05, 3.63) is 47.5 Å². The summed E-state index contributed by atoms with van der Waals surface area (Å²) in [7, 11) is 0. The van der Waals surface area contributed by atoms with Crippen LogP contribution in [0.25, 0.3) is 10.8 Å². The Morgan fingerprint density at radius 2 is 1.29 bits per heavy atom. The SMILES string of the molecule is CCOC(=O)[C@H]1O[C@@H]1[C@@H]1c2cccc3cccc(c23)[C@@H]1[C@H]1O[C@H]1C(=O)OCC.